The van der Waals surface area contributed by atoms with E-state index in [0.29, 0.717) is 29.0 Å². The highest BCUT2D eigenvalue weighted by atomic mass is 35.5. The van der Waals surface area contributed by atoms with Crippen molar-refractivity contribution in [2.45, 2.75) is 12.8 Å². The second-order valence-electron chi connectivity index (χ2n) is 8.77. The lowest BCUT2D eigenvalue weighted by Crippen LogP contribution is -2.29. The molecule has 1 aromatic heterocycles. The van der Waals surface area contributed by atoms with Crippen molar-refractivity contribution in [3.8, 4) is 17.2 Å². The molecule has 0 atom stereocenters. The number of fused-ring (bicyclic) bond motifs is 2. The van der Waals surface area contributed by atoms with Crippen LogP contribution in [0.3, 0.4) is 0 Å². The van der Waals surface area contributed by atoms with Gasteiger partial charge in [0.25, 0.3) is 0 Å². The molecule has 0 radical (unpaired) electrons. The Labute approximate surface area is 225 Å². The quantitative estimate of drug-likeness (QED) is 0.385. The van der Waals surface area contributed by atoms with Gasteiger partial charge in [0.2, 0.25) is 12.7 Å². The van der Waals surface area contributed by atoms with Crippen LogP contribution in [0.2, 0.25) is 5.02 Å². The van der Waals surface area contributed by atoms with Gasteiger partial charge in [-0.25, -0.2) is 9.78 Å². The zero-order chi connectivity index (χ0) is 26.5. The highest BCUT2D eigenvalue weighted by Gasteiger charge is 2.24. The van der Waals surface area contributed by atoms with Crippen LogP contribution in [0.1, 0.15) is 11.1 Å². The minimum absolute atomic E-state index is 0.0419. The van der Waals surface area contributed by atoms with E-state index in [0.717, 1.165) is 44.8 Å². The van der Waals surface area contributed by atoms with E-state index in [1.54, 1.807) is 19.2 Å². The number of amides is 1. The molecule has 0 unspecified atom stereocenters. The van der Waals surface area contributed by atoms with E-state index < -0.39 is 6.09 Å². The van der Waals surface area contributed by atoms with Gasteiger partial charge in [-0.15, -0.1) is 0 Å². The molecule has 0 aliphatic carbocycles. The molecule has 3 heterocycles. The molecule has 0 saturated carbocycles. The maximum Gasteiger partial charge on any atom is 0.412 e. The Balaban J connectivity index is 1.35. The predicted molar refractivity (Wildman–Crippen MR) is 143 cm³/mol. The van der Waals surface area contributed by atoms with Crippen molar-refractivity contribution in [2.24, 2.45) is 0 Å². The van der Waals surface area contributed by atoms with Crippen LogP contribution in [-0.2, 0) is 17.6 Å². The number of carbonyl (C=O) groups is 1. The number of anilines is 4. The van der Waals surface area contributed by atoms with Crippen LogP contribution in [0, 0.1) is 0 Å². The first-order chi connectivity index (χ1) is 18.5. The first-order valence-electron chi connectivity index (χ1n) is 12.3. The van der Waals surface area contributed by atoms with Crippen molar-refractivity contribution in [3.05, 3.63) is 52.7 Å². The summed E-state index contributed by atoms with van der Waals surface area (Å²) in [6, 6.07) is 9.59. The molecule has 2 aromatic carbocycles. The maximum atomic E-state index is 11.9. The van der Waals surface area contributed by atoms with E-state index in [9.17, 15) is 4.79 Å². The lowest BCUT2D eigenvalue weighted by atomic mass is 10.0. The zero-order valence-corrected chi connectivity index (χ0v) is 21.9. The molecule has 3 N–H and O–H groups in total. The Morgan fingerprint density at radius 2 is 1.97 bits per heavy atom. The summed E-state index contributed by atoms with van der Waals surface area (Å²) >= 11 is 6.43. The minimum Gasteiger partial charge on any atom is -0.454 e. The molecular formula is C26H29ClN6O5. The molecule has 11 nitrogen and oxygen atoms in total. The number of halogens is 1. The van der Waals surface area contributed by atoms with Crippen LogP contribution in [-0.4, -0.2) is 68.2 Å². The van der Waals surface area contributed by atoms with Crippen LogP contribution in [0.5, 0.6) is 17.2 Å². The molecule has 0 saturated heterocycles. The van der Waals surface area contributed by atoms with Gasteiger partial charge in [0.1, 0.15) is 10.7 Å². The standard InChI is InChI=1S/C26H29ClN6O5/c1-28-26(34)38-20-5-6-21-23(37-15-36-21)22(20)31-24-19(27)14-29-25(32-24)30-18-4-3-16-7-9-33(11-12-35-2)10-8-17(16)13-18/h3-6,13-14H,7-12,15H2,1-2H3,(H,28,34)(H2,29,30,31,32). The van der Waals surface area contributed by atoms with Gasteiger partial charge in [0.05, 0.1) is 12.8 Å². The van der Waals surface area contributed by atoms with E-state index in [1.165, 1.54) is 24.4 Å². The Kier molecular flexibility index (Phi) is 7.97. The Hall–Kier alpha value is -3.80. The number of aromatic nitrogens is 2. The van der Waals surface area contributed by atoms with Crippen LogP contribution in [0.25, 0.3) is 0 Å². The number of benzene rings is 2. The molecule has 0 spiro atoms. The third-order valence-electron chi connectivity index (χ3n) is 6.36. The number of ether oxygens (including phenoxy) is 4. The van der Waals surface area contributed by atoms with E-state index >= 15 is 0 Å². The van der Waals surface area contributed by atoms with Crippen molar-refractivity contribution in [3.63, 3.8) is 0 Å². The van der Waals surface area contributed by atoms with Gasteiger partial charge in [-0.05, 0) is 48.2 Å². The highest BCUT2D eigenvalue weighted by molar-refractivity contribution is 6.33. The second kappa shape index (κ2) is 11.7. The molecule has 12 heteroatoms. The number of rotatable bonds is 8. The molecule has 38 heavy (non-hydrogen) atoms. The Bertz CT molecular complexity index is 1320. The SMILES string of the molecule is CNC(=O)Oc1ccc2c(c1Nc1nc(Nc3ccc4c(c3)CCN(CCOC)CC4)ncc1Cl)OCO2. The van der Waals surface area contributed by atoms with E-state index in [1.807, 2.05) is 6.07 Å². The fourth-order valence-electron chi connectivity index (χ4n) is 4.36. The third kappa shape index (κ3) is 5.85. The van der Waals surface area contributed by atoms with E-state index in [4.69, 9.17) is 30.5 Å². The van der Waals surface area contributed by atoms with Crippen molar-refractivity contribution in [1.82, 2.24) is 20.2 Å². The summed E-state index contributed by atoms with van der Waals surface area (Å²) in [6.45, 7) is 3.71. The number of carbonyl (C=O) groups excluding carboxylic acids is 1. The Morgan fingerprint density at radius 3 is 2.79 bits per heavy atom. The smallest absolute Gasteiger partial charge is 0.412 e. The first-order valence-corrected chi connectivity index (χ1v) is 12.6. The van der Waals surface area contributed by atoms with Gasteiger partial charge in [0.15, 0.2) is 23.1 Å². The monoisotopic (exact) mass is 540 g/mol. The fourth-order valence-corrected chi connectivity index (χ4v) is 4.50. The first kappa shape index (κ1) is 25.8. The van der Waals surface area contributed by atoms with E-state index in [2.05, 4.69) is 43.0 Å². The Morgan fingerprint density at radius 1 is 1.13 bits per heavy atom. The fraction of sp³-hybridized carbons (Fsp3) is 0.346. The molecule has 0 fully saturated rings. The zero-order valence-electron chi connectivity index (χ0n) is 21.2. The predicted octanol–water partition coefficient (Wildman–Crippen LogP) is 4.11. The molecule has 2 aliphatic rings. The topological polar surface area (TPSA) is 119 Å². The summed E-state index contributed by atoms with van der Waals surface area (Å²) in [4.78, 5) is 23.2. The summed E-state index contributed by atoms with van der Waals surface area (Å²) in [5, 5.41) is 9.10. The molecule has 2 aliphatic heterocycles. The molecule has 200 valence electrons. The summed E-state index contributed by atoms with van der Waals surface area (Å²) < 4.78 is 21.7. The molecule has 5 rings (SSSR count). The lowest BCUT2D eigenvalue weighted by Gasteiger charge is -2.18. The summed E-state index contributed by atoms with van der Waals surface area (Å²) in [6.07, 6.45) is 2.82. The van der Waals surface area contributed by atoms with Crippen LogP contribution in [0.4, 0.5) is 27.9 Å². The molecule has 3 aromatic rings. The van der Waals surface area contributed by atoms with Gasteiger partial charge in [-0.1, -0.05) is 17.7 Å². The van der Waals surface area contributed by atoms with Crippen LogP contribution in [0.15, 0.2) is 36.5 Å². The van der Waals surface area contributed by atoms with Crippen LogP contribution >= 0.6 is 11.6 Å². The highest BCUT2D eigenvalue weighted by Crippen LogP contribution is 2.46. The average molecular weight is 541 g/mol. The van der Waals surface area contributed by atoms with Crippen molar-refractivity contribution < 1.29 is 23.7 Å². The van der Waals surface area contributed by atoms with Gasteiger partial charge in [-0.2, -0.15) is 4.98 Å². The molecule has 0 bridgehead atoms. The van der Waals surface area contributed by atoms with Gasteiger partial charge >= 0.3 is 6.09 Å². The maximum absolute atomic E-state index is 11.9. The van der Waals surface area contributed by atoms with Gasteiger partial charge in [0, 0.05) is 39.5 Å². The number of hydrogen-bond acceptors (Lipinski definition) is 10. The number of hydrogen-bond donors (Lipinski definition) is 3. The van der Waals surface area contributed by atoms with Crippen molar-refractivity contribution in [2.75, 3.05) is 57.8 Å². The van der Waals surface area contributed by atoms with Crippen LogP contribution < -0.4 is 30.2 Å². The van der Waals surface area contributed by atoms with E-state index in [-0.39, 0.29) is 17.6 Å². The average Bonchev–Trinajstić information content (AvgIpc) is 3.32. The second-order valence-corrected chi connectivity index (χ2v) is 9.18. The third-order valence-corrected chi connectivity index (χ3v) is 6.64. The molecule has 1 amide bonds. The van der Waals surface area contributed by atoms with Gasteiger partial charge < -0.3 is 39.8 Å². The normalized spacial score (nSPS) is 14.4. The number of nitrogens with one attached hydrogen (secondary N) is 3. The lowest BCUT2D eigenvalue weighted by molar-refractivity contribution is 0.150. The number of methoxy groups -OCH3 is 1. The molecular weight excluding hydrogens is 512 g/mol. The summed E-state index contributed by atoms with van der Waals surface area (Å²) in [5.74, 6) is 1.78. The summed E-state index contributed by atoms with van der Waals surface area (Å²) in [7, 11) is 3.21. The van der Waals surface area contributed by atoms with Crippen molar-refractivity contribution >= 4 is 40.8 Å². The number of nitrogens with zero attached hydrogens (tertiary/aromatic N) is 3. The van der Waals surface area contributed by atoms with Gasteiger partial charge in [-0.3, -0.25) is 0 Å². The largest absolute Gasteiger partial charge is 0.454 e. The van der Waals surface area contributed by atoms with Crippen molar-refractivity contribution in [1.29, 1.82) is 0 Å². The summed E-state index contributed by atoms with van der Waals surface area (Å²) in [5.41, 5.74) is 3.88. The minimum atomic E-state index is -0.631.